The van der Waals surface area contributed by atoms with Gasteiger partial charge in [-0.15, -0.1) is 0 Å². The first-order valence-electron chi connectivity index (χ1n) is 12.0. The molecular weight excluding hydrogens is 394 g/mol. The molecule has 2 aliphatic heterocycles. The van der Waals surface area contributed by atoms with Crippen LogP contribution >= 0.6 is 0 Å². The second kappa shape index (κ2) is 10.2. The molecule has 32 heavy (non-hydrogen) atoms. The smallest absolute Gasteiger partial charge is 0.130 e. The molecular formula is C27H37N5. The highest BCUT2D eigenvalue weighted by Gasteiger charge is 2.24. The summed E-state index contributed by atoms with van der Waals surface area (Å²) in [6.45, 7) is 9.81. The summed E-state index contributed by atoms with van der Waals surface area (Å²) in [6, 6.07) is 8.95. The van der Waals surface area contributed by atoms with Crippen LogP contribution in [0.2, 0.25) is 0 Å². The highest BCUT2D eigenvalue weighted by atomic mass is 15.2. The number of benzene rings is 1. The lowest BCUT2D eigenvalue weighted by Crippen LogP contribution is -2.39. The quantitative estimate of drug-likeness (QED) is 0.645. The van der Waals surface area contributed by atoms with E-state index in [0.29, 0.717) is 0 Å². The molecule has 0 radical (unpaired) electrons. The Bertz CT molecular complexity index is 958. The van der Waals surface area contributed by atoms with Crippen LogP contribution in [0.4, 0.5) is 5.69 Å². The van der Waals surface area contributed by atoms with Crippen molar-refractivity contribution in [3.05, 3.63) is 76.9 Å². The predicted octanol–water partition coefficient (Wildman–Crippen LogP) is 5.51. The van der Waals surface area contributed by atoms with Crippen LogP contribution in [0.1, 0.15) is 58.4 Å². The van der Waals surface area contributed by atoms with Crippen LogP contribution < -0.4 is 11.1 Å². The van der Waals surface area contributed by atoms with E-state index in [1.165, 1.54) is 37.9 Å². The Hall–Kier alpha value is -2.79. The maximum absolute atomic E-state index is 6.25. The number of nitrogens with zero attached hydrogens (tertiary/aromatic N) is 3. The summed E-state index contributed by atoms with van der Waals surface area (Å²) in [7, 11) is 0. The average Bonchev–Trinajstić information content (AvgIpc) is 2.80. The lowest BCUT2D eigenvalue weighted by molar-refractivity contribution is 0.221. The first kappa shape index (κ1) is 22.4. The predicted molar refractivity (Wildman–Crippen MR) is 135 cm³/mol. The van der Waals surface area contributed by atoms with Crippen LogP contribution in [0.3, 0.4) is 0 Å². The minimum absolute atomic E-state index is 0.119. The number of piperidine rings is 1. The molecule has 0 aromatic heterocycles. The Morgan fingerprint density at radius 2 is 1.91 bits per heavy atom. The van der Waals surface area contributed by atoms with E-state index in [9.17, 15) is 0 Å². The Morgan fingerprint density at radius 3 is 2.62 bits per heavy atom. The summed E-state index contributed by atoms with van der Waals surface area (Å²) in [4.78, 5) is 9.82. The van der Waals surface area contributed by atoms with E-state index in [0.717, 1.165) is 53.4 Å². The molecule has 0 amide bonds. The van der Waals surface area contributed by atoms with Crippen molar-refractivity contribution in [2.75, 3.05) is 18.4 Å². The molecule has 1 aromatic rings. The van der Waals surface area contributed by atoms with Gasteiger partial charge in [-0.2, -0.15) is 0 Å². The van der Waals surface area contributed by atoms with Crippen molar-refractivity contribution in [2.45, 2.75) is 65.5 Å². The maximum atomic E-state index is 6.25. The second-order valence-electron chi connectivity index (χ2n) is 9.08. The van der Waals surface area contributed by atoms with Gasteiger partial charge in [-0.3, -0.25) is 4.90 Å². The molecule has 2 heterocycles. The molecule has 170 valence electrons. The molecule has 4 rings (SSSR count). The van der Waals surface area contributed by atoms with E-state index in [1.807, 2.05) is 6.92 Å². The van der Waals surface area contributed by atoms with Crippen molar-refractivity contribution >= 4 is 11.5 Å². The number of nitrogens with one attached hydrogen (secondary N) is 1. The zero-order valence-corrected chi connectivity index (χ0v) is 19.8. The Kier molecular flexibility index (Phi) is 7.15. The zero-order chi connectivity index (χ0) is 22.5. The topological polar surface area (TPSA) is 56.9 Å². The highest BCUT2D eigenvalue weighted by molar-refractivity contribution is 6.00. The number of aliphatic imine (C=N–C) groups is 1. The van der Waals surface area contributed by atoms with Gasteiger partial charge in [0.1, 0.15) is 5.84 Å². The van der Waals surface area contributed by atoms with Crippen molar-refractivity contribution in [3.8, 4) is 0 Å². The molecule has 0 saturated carbocycles. The van der Waals surface area contributed by atoms with E-state index >= 15 is 0 Å². The standard InChI is InChI=1S/C27H37N5/c1-4-15-32-19-26(24-9-8-10-25(28)20(24)2)30-27(21(32)3)29-23-13-11-22(12-14-23)18-31-16-6-5-7-17-31/h4,9,11-15,19,21H,5-8,10,16-18,28H2,1-3H3,(H,29,30)/b15-4-. The molecule has 5 heteroatoms. The van der Waals surface area contributed by atoms with Crippen LogP contribution in [-0.4, -0.2) is 34.8 Å². The number of nitrogens with two attached hydrogens (primary N) is 1. The first-order valence-corrected chi connectivity index (χ1v) is 12.0. The van der Waals surface area contributed by atoms with Gasteiger partial charge in [0.25, 0.3) is 0 Å². The summed E-state index contributed by atoms with van der Waals surface area (Å²) < 4.78 is 0. The van der Waals surface area contributed by atoms with Gasteiger partial charge < -0.3 is 16.0 Å². The zero-order valence-electron chi connectivity index (χ0n) is 19.8. The third kappa shape index (κ3) is 5.16. The van der Waals surface area contributed by atoms with Crippen molar-refractivity contribution in [2.24, 2.45) is 10.7 Å². The monoisotopic (exact) mass is 431 g/mol. The van der Waals surface area contributed by atoms with Crippen LogP contribution in [0, 0.1) is 0 Å². The van der Waals surface area contributed by atoms with Gasteiger partial charge in [-0.25, -0.2) is 4.99 Å². The second-order valence-corrected chi connectivity index (χ2v) is 9.08. The third-order valence-corrected chi connectivity index (χ3v) is 6.68. The van der Waals surface area contributed by atoms with E-state index in [4.69, 9.17) is 10.7 Å². The lowest BCUT2D eigenvalue weighted by atomic mass is 9.94. The van der Waals surface area contributed by atoms with Gasteiger partial charge in [0.05, 0.1) is 11.7 Å². The van der Waals surface area contributed by atoms with E-state index in [1.54, 1.807) is 0 Å². The molecule has 5 nitrogen and oxygen atoms in total. The summed E-state index contributed by atoms with van der Waals surface area (Å²) in [5, 5.41) is 3.59. The molecule has 3 N–H and O–H groups in total. The summed E-state index contributed by atoms with van der Waals surface area (Å²) in [6.07, 6.45) is 14.5. The van der Waals surface area contributed by atoms with Crippen LogP contribution in [0.5, 0.6) is 0 Å². The summed E-state index contributed by atoms with van der Waals surface area (Å²) >= 11 is 0. The van der Waals surface area contributed by atoms with Gasteiger partial charge in [0, 0.05) is 35.9 Å². The molecule has 1 aliphatic carbocycles. The number of hydrogen-bond acceptors (Lipinski definition) is 5. The molecule has 1 unspecified atom stereocenters. The fourth-order valence-electron chi connectivity index (χ4n) is 4.65. The minimum Gasteiger partial charge on any atom is -0.402 e. The molecule has 1 aromatic carbocycles. The van der Waals surface area contributed by atoms with Gasteiger partial charge in [0.2, 0.25) is 0 Å². The summed E-state index contributed by atoms with van der Waals surface area (Å²) in [5.74, 6) is 0.947. The highest BCUT2D eigenvalue weighted by Crippen LogP contribution is 2.31. The normalized spacial score (nSPS) is 22.7. The van der Waals surface area contributed by atoms with E-state index in [-0.39, 0.29) is 6.04 Å². The van der Waals surface area contributed by atoms with Crippen molar-refractivity contribution in [1.82, 2.24) is 9.80 Å². The number of allylic oxidation sites excluding steroid dienone is 4. The minimum atomic E-state index is 0.119. The molecule has 1 saturated heterocycles. The van der Waals surface area contributed by atoms with Crippen LogP contribution in [0.25, 0.3) is 0 Å². The van der Waals surface area contributed by atoms with Gasteiger partial charge in [-0.05, 0) is 82.8 Å². The lowest BCUT2D eigenvalue weighted by Gasteiger charge is -2.32. The molecule has 1 atom stereocenters. The molecule has 0 spiro atoms. The van der Waals surface area contributed by atoms with Gasteiger partial charge >= 0.3 is 0 Å². The number of anilines is 1. The van der Waals surface area contributed by atoms with Crippen molar-refractivity contribution in [1.29, 1.82) is 0 Å². The molecule has 1 fully saturated rings. The van der Waals surface area contributed by atoms with Crippen molar-refractivity contribution < 1.29 is 0 Å². The number of hydrogen-bond donors (Lipinski definition) is 2. The fraction of sp³-hybridized carbons (Fsp3) is 0.444. The first-order chi connectivity index (χ1) is 15.5. The largest absolute Gasteiger partial charge is 0.402 e. The maximum Gasteiger partial charge on any atom is 0.130 e. The SMILES string of the molecule is C/C=C\N1C=C(C2=CCCC(N)=C2C)N=C(Nc2ccc(CN3CCCCC3)cc2)C1C. The Morgan fingerprint density at radius 1 is 1.16 bits per heavy atom. The molecule has 3 aliphatic rings. The van der Waals surface area contributed by atoms with Gasteiger partial charge in [0.15, 0.2) is 0 Å². The van der Waals surface area contributed by atoms with E-state index < -0.39 is 0 Å². The summed E-state index contributed by atoms with van der Waals surface area (Å²) in [5.41, 5.74) is 12.9. The van der Waals surface area contributed by atoms with E-state index in [2.05, 4.69) is 77.8 Å². The van der Waals surface area contributed by atoms with Crippen LogP contribution in [0.15, 0.2) is 76.4 Å². The Balaban J connectivity index is 1.52. The molecule has 0 bridgehead atoms. The third-order valence-electron chi connectivity index (χ3n) is 6.68. The fourth-order valence-corrected chi connectivity index (χ4v) is 4.65. The number of rotatable bonds is 5. The number of amidine groups is 1. The average molecular weight is 432 g/mol. The Labute approximate surface area is 193 Å². The number of likely N-dealkylation sites (tertiary alicyclic amines) is 1. The van der Waals surface area contributed by atoms with Crippen LogP contribution in [-0.2, 0) is 6.54 Å². The van der Waals surface area contributed by atoms with Gasteiger partial charge in [-0.1, -0.05) is 30.7 Å². The van der Waals surface area contributed by atoms with Crippen molar-refractivity contribution in [3.63, 3.8) is 0 Å².